The summed E-state index contributed by atoms with van der Waals surface area (Å²) < 4.78 is 11.4. The zero-order valence-electron chi connectivity index (χ0n) is 16.0. The predicted octanol–water partition coefficient (Wildman–Crippen LogP) is 4.37. The van der Waals surface area contributed by atoms with Crippen molar-refractivity contribution in [1.82, 2.24) is 4.90 Å². The van der Waals surface area contributed by atoms with E-state index in [9.17, 15) is 9.59 Å². The second kappa shape index (κ2) is 7.82. The average molecular weight is 367 g/mol. The van der Waals surface area contributed by atoms with Crippen LogP contribution in [-0.2, 0) is 24.3 Å². The monoisotopic (exact) mass is 367 g/mol. The van der Waals surface area contributed by atoms with Crippen molar-refractivity contribution in [2.75, 3.05) is 6.54 Å². The van der Waals surface area contributed by atoms with Crippen LogP contribution in [0, 0.1) is 0 Å². The van der Waals surface area contributed by atoms with Gasteiger partial charge in [0.1, 0.15) is 18.0 Å². The maximum Gasteiger partial charge on any atom is 0.410 e. The number of carbonyl (C=O) groups excluding carboxylic acids is 2. The fraction of sp³-hybridized carbons (Fsp3) is 0.364. The molecule has 1 aliphatic heterocycles. The van der Waals surface area contributed by atoms with E-state index < -0.39 is 5.60 Å². The van der Waals surface area contributed by atoms with Crippen molar-refractivity contribution in [2.24, 2.45) is 0 Å². The lowest BCUT2D eigenvalue weighted by atomic mass is 9.97. The van der Waals surface area contributed by atoms with E-state index >= 15 is 0 Å². The highest BCUT2D eigenvalue weighted by molar-refractivity contribution is 5.80. The van der Waals surface area contributed by atoms with Crippen LogP contribution >= 0.6 is 0 Å². The summed E-state index contributed by atoms with van der Waals surface area (Å²) in [6.45, 7) is 6.98. The van der Waals surface area contributed by atoms with E-state index in [-0.39, 0.29) is 6.09 Å². The van der Waals surface area contributed by atoms with Crippen molar-refractivity contribution in [3.63, 3.8) is 0 Å². The second-order valence-electron chi connectivity index (χ2n) is 7.70. The van der Waals surface area contributed by atoms with Crippen molar-refractivity contribution >= 4 is 12.4 Å². The Bertz CT molecular complexity index is 824. The molecule has 5 nitrogen and oxygen atoms in total. The summed E-state index contributed by atoms with van der Waals surface area (Å²) in [5.74, 6) is 0.540. The van der Waals surface area contributed by atoms with Gasteiger partial charge in [0.25, 0.3) is 0 Å². The molecule has 0 fully saturated rings. The Morgan fingerprint density at radius 1 is 1.15 bits per heavy atom. The zero-order chi connectivity index (χ0) is 19.4. The number of ether oxygens (including phenoxy) is 2. The third-order valence-corrected chi connectivity index (χ3v) is 4.36. The Hall–Kier alpha value is -2.82. The van der Waals surface area contributed by atoms with Crippen molar-refractivity contribution in [2.45, 2.75) is 45.9 Å². The summed E-state index contributed by atoms with van der Waals surface area (Å²) >= 11 is 0. The topological polar surface area (TPSA) is 55.8 Å². The molecule has 142 valence electrons. The predicted molar refractivity (Wildman–Crippen MR) is 103 cm³/mol. The lowest BCUT2D eigenvalue weighted by Gasteiger charge is -2.31. The van der Waals surface area contributed by atoms with E-state index in [0.29, 0.717) is 37.4 Å². The smallest absolute Gasteiger partial charge is 0.410 e. The standard InChI is InChI=1S/C22H25NO4/c1-22(2,3)27-21(25)23-10-9-17-11-19(14-24)20(12-18(17)13-23)26-15-16-7-5-4-6-8-16/h4-8,11-12,14H,9-10,13,15H2,1-3H3. The molecule has 3 rings (SSSR count). The number of fused-ring (bicyclic) bond motifs is 1. The quantitative estimate of drug-likeness (QED) is 0.753. The molecule has 2 aromatic carbocycles. The number of aldehydes is 1. The maximum atomic E-state index is 12.4. The first-order valence-electron chi connectivity index (χ1n) is 9.11. The van der Waals surface area contributed by atoms with E-state index in [1.807, 2.05) is 63.2 Å². The van der Waals surface area contributed by atoms with Crippen LogP contribution in [-0.4, -0.2) is 29.4 Å². The summed E-state index contributed by atoms with van der Waals surface area (Å²) in [5, 5.41) is 0. The van der Waals surface area contributed by atoms with Crippen LogP contribution in [0.1, 0.15) is 47.8 Å². The molecule has 0 radical (unpaired) electrons. The molecule has 1 aliphatic rings. The van der Waals surface area contributed by atoms with Crippen LogP contribution in [0.3, 0.4) is 0 Å². The van der Waals surface area contributed by atoms with Gasteiger partial charge in [-0.1, -0.05) is 30.3 Å². The minimum atomic E-state index is -0.525. The lowest BCUT2D eigenvalue weighted by Crippen LogP contribution is -2.39. The molecule has 1 amide bonds. The molecular formula is C22H25NO4. The molecule has 0 N–H and O–H groups in total. The molecule has 0 bridgehead atoms. The Labute approximate surface area is 159 Å². The fourth-order valence-electron chi connectivity index (χ4n) is 3.04. The SMILES string of the molecule is CC(C)(C)OC(=O)N1CCc2cc(C=O)c(OCc3ccccc3)cc2C1. The van der Waals surface area contributed by atoms with Gasteiger partial charge in [-0.3, -0.25) is 4.79 Å². The first-order valence-corrected chi connectivity index (χ1v) is 9.11. The highest BCUT2D eigenvalue weighted by atomic mass is 16.6. The Kier molecular flexibility index (Phi) is 5.49. The molecule has 2 aromatic rings. The highest BCUT2D eigenvalue weighted by Crippen LogP contribution is 2.28. The van der Waals surface area contributed by atoms with Crippen molar-refractivity contribution in [3.8, 4) is 5.75 Å². The van der Waals surface area contributed by atoms with Gasteiger partial charge < -0.3 is 14.4 Å². The first kappa shape index (κ1) is 19.0. The van der Waals surface area contributed by atoms with E-state index in [0.717, 1.165) is 23.0 Å². The van der Waals surface area contributed by atoms with Crippen molar-refractivity contribution < 1.29 is 19.1 Å². The molecule has 1 heterocycles. The van der Waals surface area contributed by atoms with Crippen LogP contribution < -0.4 is 4.74 Å². The largest absolute Gasteiger partial charge is 0.488 e. The van der Waals surface area contributed by atoms with Gasteiger partial charge >= 0.3 is 6.09 Å². The second-order valence-corrected chi connectivity index (χ2v) is 7.70. The van der Waals surface area contributed by atoms with E-state index in [1.54, 1.807) is 4.90 Å². The van der Waals surface area contributed by atoms with Gasteiger partial charge in [-0.05, 0) is 56.0 Å². The summed E-state index contributed by atoms with van der Waals surface area (Å²) in [7, 11) is 0. The van der Waals surface area contributed by atoms with Crippen molar-refractivity contribution in [3.05, 3.63) is 64.7 Å². The molecular weight excluding hydrogens is 342 g/mol. The number of benzene rings is 2. The number of carbonyl (C=O) groups is 2. The number of nitrogens with zero attached hydrogens (tertiary/aromatic N) is 1. The maximum absolute atomic E-state index is 12.4. The highest BCUT2D eigenvalue weighted by Gasteiger charge is 2.26. The summed E-state index contributed by atoms with van der Waals surface area (Å²) in [4.78, 5) is 25.5. The molecule has 5 heteroatoms. The normalized spacial score (nSPS) is 13.7. The van der Waals surface area contributed by atoms with E-state index in [4.69, 9.17) is 9.47 Å². The lowest BCUT2D eigenvalue weighted by molar-refractivity contribution is 0.0223. The van der Waals surface area contributed by atoms with Crippen LogP contribution in [0.2, 0.25) is 0 Å². The third-order valence-electron chi connectivity index (χ3n) is 4.36. The fourth-order valence-corrected chi connectivity index (χ4v) is 3.04. The third kappa shape index (κ3) is 4.88. The Balaban J connectivity index is 1.77. The molecule has 0 unspecified atom stereocenters. The molecule has 0 aromatic heterocycles. The van der Waals surface area contributed by atoms with Gasteiger partial charge in [-0.25, -0.2) is 4.79 Å². The van der Waals surface area contributed by atoms with E-state index in [1.165, 1.54) is 0 Å². The molecule has 0 saturated carbocycles. The van der Waals surface area contributed by atoms with Gasteiger partial charge in [0, 0.05) is 13.1 Å². The zero-order valence-corrected chi connectivity index (χ0v) is 16.0. The van der Waals surface area contributed by atoms with Crippen LogP contribution in [0.5, 0.6) is 5.75 Å². The van der Waals surface area contributed by atoms with Crippen LogP contribution in [0.4, 0.5) is 4.79 Å². The van der Waals surface area contributed by atoms with Gasteiger partial charge in [-0.15, -0.1) is 0 Å². The number of rotatable bonds is 4. The van der Waals surface area contributed by atoms with Crippen LogP contribution in [0.25, 0.3) is 0 Å². The number of hydrogen-bond acceptors (Lipinski definition) is 4. The molecule has 0 atom stereocenters. The van der Waals surface area contributed by atoms with Gasteiger partial charge in [0.05, 0.1) is 5.56 Å². The van der Waals surface area contributed by atoms with Gasteiger partial charge in [0.2, 0.25) is 0 Å². The van der Waals surface area contributed by atoms with E-state index in [2.05, 4.69) is 0 Å². The van der Waals surface area contributed by atoms with Gasteiger partial charge in [0.15, 0.2) is 6.29 Å². The molecule has 27 heavy (non-hydrogen) atoms. The Morgan fingerprint density at radius 3 is 2.56 bits per heavy atom. The van der Waals surface area contributed by atoms with Gasteiger partial charge in [-0.2, -0.15) is 0 Å². The first-order chi connectivity index (χ1) is 12.9. The minimum absolute atomic E-state index is 0.320. The summed E-state index contributed by atoms with van der Waals surface area (Å²) in [6, 6.07) is 13.5. The molecule has 0 aliphatic carbocycles. The van der Waals surface area contributed by atoms with Crippen LogP contribution in [0.15, 0.2) is 42.5 Å². The summed E-state index contributed by atoms with van der Waals surface area (Å²) in [6.07, 6.45) is 1.19. The Morgan fingerprint density at radius 2 is 1.89 bits per heavy atom. The average Bonchev–Trinajstić information content (AvgIpc) is 2.64. The summed E-state index contributed by atoms with van der Waals surface area (Å²) in [5.41, 5.74) is 3.10. The van der Waals surface area contributed by atoms with Crippen molar-refractivity contribution in [1.29, 1.82) is 0 Å². The minimum Gasteiger partial charge on any atom is -0.488 e. The number of hydrogen-bond donors (Lipinski definition) is 0. The molecule has 0 saturated heterocycles. The molecule has 0 spiro atoms. The number of amides is 1.